The maximum Gasteiger partial charge on any atom is 0.373 e. The molecule has 1 aliphatic carbocycles. The maximum atomic E-state index is 12.6. The normalized spacial score (nSPS) is 26.2. The smallest absolute Gasteiger partial charge is 0.373 e. The van der Waals surface area contributed by atoms with Gasteiger partial charge in [-0.15, -0.1) is 5.48 Å². The summed E-state index contributed by atoms with van der Waals surface area (Å²) in [5, 5.41) is 12.3. The number of amides is 2. The van der Waals surface area contributed by atoms with E-state index in [0.29, 0.717) is 6.42 Å². The van der Waals surface area contributed by atoms with Crippen LogP contribution in [0.15, 0.2) is 11.3 Å². The number of nitrogens with zero attached hydrogens (tertiary/aromatic N) is 1. The minimum atomic E-state index is -0.775. The van der Waals surface area contributed by atoms with Crippen LogP contribution in [-0.2, 0) is 28.8 Å². The topological polar surface area (TPSA) is 134 Å². The van der Waals surface area contributed by atoms with Gasteiger partial charge in [0.15, 0.2) is 0 Å². The summed E-state index contributed by atoms with van der Waals surface area (Å²) in [6.07, 6.45) is 2.75. The summed E-state index contributed by atoms with van der Waals surface area (Å²) in [6, 6.07) is -0.201. The lowest BCUT2D eigenvalue weighted by Gasteiger charge is -2.47. The molecule has 3 aliphatic rings. The molecular weight excluding hydrogens is 382 g/mol. The average molecular weight is 409 g/mol. The summed E-state index contributed by atoms with van der Waals surface area (Å²) in [6.45, 7) is 2.85. The average Bonchev–Trinajstić information content (AvgIpc) is 2.97. The minimum absolute atomic E-state index is 0.0662. The van der Waals surface area contributed by atoms with E-state index in [2.05, 4.69) is 10.8 Å². The molecule has 3 N–H and O–H groups in total. The Labute approximate surface area is 168 Å². The zero-order valence-corrected chi connectivity index (χ0v) is 16.6. The number of aliphatic hydroxyl groups excluding tert-OH is 1. The molecule has 29 heavy (non-hydrogen) atoms. The van der Waals surface area contributed by atoms with E-state index in [9.17, 15) is 24.3 Å². The van der Waals surface area contributed by atoms with Crippen LogP contribution in [0, 0.1) is 11.8 Å². The van der Waals surface area contributed by atoms with E-state index in [1.165, 1.54) is 4.90 Å². The summed E-state index contributed by atoms with van der Waals surface area (Å²) < 4.78 is 4.70. The highest BCUT2D eigenvalue weighted by Gasteiger charge is 2.61. The molecule has 0 spiro atoms. The van der Waals surface area contributed by atoms with Crippen LogP contribution in [0.1, 0.15) is 39.5 Å². The molecule has 0 radical (unpaired) electrons. The van der Waals surface area contributed by atoms with Gasteiger partial charge >= 0.3 is 11.9 Å². The number of carbonyl (C=O) groups is 4. The quantitative estimate of drug-likeness (QED) is 0.274. The van der Waals surface area contributed by atoms with Gasteiger partial charge in [0.1, 0.15) is 18.8 Å². The Kier molecular flexibility index (Phi) is 6.53. The van der Waals surface area contributed by atoms with E-state index >= 15 is 0 Å². The van der Waals surface area contributed by atoms with Gasteiger partial charge in [0, 0.05) is 5.92 Å². The standard InChI is InChI=1S/C19H27N3O7/c1-3-28-14(25)9-20-13(24)8-21-29-19(27)17-12-7-5-4-6-11(12)16-15(10(2)23)18(26)22(16)17/h10-11,15-16,21,23H,3-9H2,1-2H3,(H,20,24). The van der Waals surface area contributed by atoms with Gasteiger partial charge in [0.2, 0.25) is 11.8 Å². The second kappa shape index (κ2) is 8.91. The molecule has 2 aliphatic heterocycles. The van der Waals surface area contributed by atoms with Crippen LogP contribution in [0.3, 0.4) is 0 Å². The Morgan fingerprint density at radius 2 is 2.03 bits per heavy atom. The Morgan fingerprint density at radius 3 is 2.72 bits per heavy atom. The Bertz CT molecular complexity index is 733. The number of β-lactam (4-membered cyclic amide) rings is 1. The first-order valence-electron chi connectivity index (χ1n) is 9.97. The molecule has 1 saturated carbocycles. The van der Waals surface area contributed by atoms with Crippen molar-refractivity contribution < 1.29 is 33.9 Å². The zero-order valence-electron chi connectivity index (χ0n) is 16.6. The number of hydrogen-bond acceptors (Lipinski definition) is 8. The fourth-order valence-corrected chi connectivity index (χ4v) is 4.47. The highest BCUT2D eigenvalue weighted by molar-refractivity contribution is 6.00. The van der Waals surface area contributed by atoms with E-state index in [1.807, 2.05) is 0 Å². The van der Waals surface area contributed by atoms with Crippen LogP contribution in [0.2, 0.25) is 0 Å². The largest absolute Gasteiger partial charge is 0.465 e. The van der Waals surface area contributed by atoms with Crippen molar-refractivity contribution in [3.05, 3.63) is 11.3 Å². The van der Waals surface area contributed by atoms with Gasteiger partial charge in [0.25, 0.3) is 0 Å². The molecule has 3 rings (SSSR count). The van der Waals surface area contributed by atoms with Crippen LogP contribution < -0.4 is 10.8 Å². The van der Waals surface area contributed by atoms with Crippen LogP contribution in [-0.4, -0.2) is 65.6 Å². The molecule has 10 nitrogen and oxygen atoms in total. The van der Waals surface area contributed by atoms with Crippen molar-refractivity contribution in [1.82, 2.24) is 15.7 Å². The fourth-order valence-electron chi connectivity index (χ4n) is 4.47. The first-order valence-corrected chi connectivity index (χ1v) is 9.97. The van der Waals surface area contributed by atoms with Crippen LogP contribution in [0.5, 0.6) is 0 Å². The van der Waals surface area contributed by atoms with E-state index < -0.39 is 29.9 Å². The Hall–Kier alpha value is -2.46. The number of carbonyl (C=O) groups excluding carboxylic acids is 4. The summed E-state index contributed by atoms with van der Waals surface area (Å²) in [5.41, 5.74) is 3.42. The lowest BCUT2D eigenvalue weighted by molar-refractivity contribution is -0.166. The summed E-state index contributed by atoms with van der Waals surface area (Å²) >= 11 is 0. The van der Waals surface area contributed by atoms with Gasteiger partial charge < -0.3 is 24.9 Å². The molecule has 0 aromatic heterocycles. The van der Waals surface area contributed by atoms with Gasteiger partial charge in [0.05, 0.1) is 24.7 Å². The number of fused-ring (bicyclic) bond motifs is 3. The molecule has 0 aromatic carbocycles. The second-order valence-corrected chi connectivity index (χ2v) is 7.48. The summed E-state index contributed by atoms with van der Waals surface area (Å²) in [5.74, 6) is -2.53. The van der Waals surface area contributed by atoms with Crippen molar-refractivity contribution in [1.29, 1.82) is 0 Å². The predicted molar refractivity (Wildman–Crippen MR) is 98.5 cm³/mol. The number of hydroxylamine groups is 1. The van der Waals surface area contributed by atoms with Gasteiger partial charge in [-0.25, -0.2) is 4.79 Å². The fraction of sp³-hybridized carbons (Fsp3) is 0.684. The number of hydrogen-bond donors (Lipinski definition) is 3. The Balaban J connectivity index is 1.57. The molecule has 4 unspecified atom stereocenters. The van der Waals surface area contributed by atoms with E-state index in [-0.39, 0.29) is 43.3 Å². The highest BCUT2D eigenvalue weighted by atomic mass is 16.7. The molecule has 10 heteroatoms. The van der Waals surface area contributed by atoms with Gasteiger partial charge in [-0.05, 0) is 38.7 Å². The number of esters is 1. The van der Waals surface area contributed by atoms with Crippen molar-refractivity contribution in [2.75, 3.05) is 19.7 Å². The molecule has 0 aromatic rings. The molecule has 4 atom stereocenters. The van der Waals surface area contributed by atoms with Crippen LogP contribution in [0.4, 0.5) is 0 Å². The van der Waals surface area contributed by atoms with E-state index in [4.69, 9.17) is 9.57 Å². The molecule has 0 bridgehead atoms. The van der Waals surface area contributed by atoms with Crippen molar-refractivity contribution in [3.63, 3.8) is 0 Å². The lowest BCUT2D eigenvalue weighted by Crippen LogP contribution is -2.64. The number of rotatable bonds is 8. The van der Waals surface area contributed by atoms with Crippen LogP contribution >= 0.6 is 0 Å². The molecule has 2 heterocycles. The van der Waals surface area contributed by atoms with Crippen molar-refractivity contribution in [3.8, 4) is 0 Å². The minimum Gasteiger partial charge on any atom is -0.465 e. The Morgan fingerprint density at radius 1 is 1.28 bits per heavy atom. The van der Waals surface area contributed by atoms with Crippen molar-refractivity contribution >= 4 is 23.8 Å². The number of aliphatic hydroxyl groups is 1. The predicted octanol–water partition coefficient (Wildman–Crippen LogP) is -0.621. The number of ether oxygens (including phenoxy) is 1. The summed E-state index contributed by atoms with van der Waals surface area (Å²) in [7, 11) is 0. The van der Waals surface area contributed by atoms with Crippen molar-refractivity contribution in [2.45, 2.75) is 51.7 Å². The van der Waals surface area contributed by atoms with E-state index in [0.717, 1.165) is 24.8 Å². The third-order valence-electron chi connectivity index (χ3n) is 5.65. The molecule has 1 saturated heterocycles. The molecule has 160 valence electrons. The van der Waals surface area contributed by atoms with Gasteiger partial charge in [-0.1, -0.05) is 6.42 Å². The zero-order chi connectivity index (χ0) is 21.1. The monoisotopic (exact) mass is 409 g/mol. The third kappa shape index (κ3) is 4.13. The third-order valence-corrected chi connectivity index (χ3v) is 5.65. The second-order valence-electron chi connectivity index (χ2n) is 7.48. The molecule has 2 fully saturated rings. The van der Waals surface area contributed by atoms with E-state index in [1.54, 1.807) is 13.8 Å². The number of nitrogens with one attached hydrogen (secondary N) is 2. The van der Waals surface area contributed by atoms with Crippen LogP contribution in [0.25, 0.3) is 0 Å². The lowest BCUT2D eigenvalue weighted by atomic mass is 9.72. The first-order chi connectivity index (χ1) is 13.9. The molecular formula is C19H27N3O7. The van der Waals surface area contributed by atoms with Gasteiger partial charge in [-0.2, -0.15) is 0 Å². The van der Waals surface area contributed by atoms with Gasteiger partial charge in [-0.3, -0.25) is 14.4 Å². The highest BCUT2D eigenvalue weighted by Crippen LogP contribution is 2.52. The first kappa shape index (κ1) is 21.3. The van der Waals surface area contributed by atoms with Crippen molar-refractivity contribution in [2.24, 2.45) is 11.8 Å². The molecule has 2 amide bonds. The summed E-state index contributed by atoms with van der Waals surface area (Å²) in [4.78, 5) is 54.5. The maximum absolute atomic E-state index is 12.6. The SMILES string of the molecule is CCOC(=O)CNC(=O)CNOC(=O)C1=C2CCCCC2C2C(C(C)O)C(=O)N12.